The van der Waals surface area contributed by atoms with Gasteiger partial charge in [-0.2, -0.15) is 4.31 Å². The highest BCUT2D eigenvalue weighted by Crippen LogP contribution is 2.32. The van der Waals surface area contributed by atoms with E-state index in [9.17, 15) is 13.2 Å². The summed E-state index contributed by atoms with van der Waals surface area (Å²) in [6.07, 6.45) is 3.68. The van der Waals surface area contributed by atoms with E-state index >= 15 is 0 Å². The van der Waals surface area contributed by atoms with E-state index in [0.29, 0.717) is 13.2 Å². The molecule has 1 saturated heterocycles. The Morgan fingerprint density at radius 3 is 2.82 bits per heavy atom. The maximum Gasteiger partial charge on any atom is 0.335 e. The Bertz CT molecular complexity index is 670. The minimum absolute atomic E-state index is 0.0190. The molecule has 0 spiro atoms. The molecule has 2 fully saturated rings. The highest BCUT2D eigenvalue weighted by molar-refractivity contribution is 7.89. The highest BCUT2D eigenvalue weighted by atomic mass is 32.2. The highest BCUT2D eigenvalue weighted by Gasteiger charge is 2.40. The van der Waals surface area contributed by atoms with Crippen molar-refractivity contribution in [2.75, 3.05) is 13.2 Å². The van der Waals surface area contributed by atoms with Crippen molar-refractivity contribution in [1.29, 1.82) is 0 Å². The Balaban J connectivity index is 1.94. The third kappa shape index (κ3) is 2.76. The van der Waals surface area contributed by atoms with Crippen molar-refractivity contribution in [3.05, 3.63) is 29.8 Å². The van der Waals surface area contributed by atoms with Crippen molar-refractivity contribution < 1.29 is 23.1 Å². The Kier molecular flexibility index (Phi) is 4.20. The number of carboxylic acid groups (broad SMARTS) is 1. The number of nitrogens with zero attached hydrogens (tertiary/aromatic N) is 1. The third-order valence-electron chi connectivity index (χ3n) is 4.37. The molecule has 3 rings (SSSR count). The van der Waals surface area contributed by atoms with Gasteiger partial charge in [0.1, 0.15) is 0 Å². The minimum atomic E-state index is -3.70. The fourth-order valence-corrected chi connectivity index (χ4v) is 4.99. The van der Waals surface area contributed by atoms with Gasteiger partial charge in [0.15, 0.2) is 0 Å². The molecular formula is C15H19NO5S. The van der Waals surface area contributed by atoms with Gasteiger partial charge in [0.05, 0.1) is 29.2 Å². The summed E-state index contributed by atoms with van der Waals surface area (Å²) in [6, 6.07) is 5.40. The topological polar surface area (TPSA) is 83.9 Å². The average molecular weight is 325 g/mol. The van der Waals surface area contributed by atoms with E-state index in [4.69, 9.17) is 9.84 Å². The number of carboxylic acids is 1. The van der Waals surface area contributed by atoms with Crippen LogP contribution in [0, 0.1) is 0 Å². The SMILES string of the molecule is O=C(O)c1cccc(S(=O)(=O)N2CCOC3CCCCC32)c1. The number of hydrogen-bond donors (Lipinski definition) is 1. The van der Waals surface area contributed by atoms with E-state index in [-0.39, 0.29) is 22.6 Å². The Hall–Kier alpha value is -1.44. The second-order valence-electron chi connectivity index (χ2n) is 5.71. The Morgan fingerprint density at radius 2 is 2.05 bits per heavy atom. The van der Waals surface area contributed by atoms with Crippen molar-refractivity contribution in [3.8, 4) is 0 Å². The third-order valence-corrected chi connectivity index (χ3v) is 6.29. The van der Waals surface area contributed by atoms with Crippen LogP contribution >= 0.6 is 0 Å². The van der Waals surface area contributed by atoms with E-state index in [0.717, 1.165) is 25.7 Å². The first-order valence-electron chi connectivity index (χ1n) is 7.47. The van der Waals surface area contributed by atoms with E-state index in [1.807, 2.05) is 0 Å². The van der Waals surface area contributed by atoms with E-state index in [2.05, 4.69) is 0 Å². The maximum absolute atomic E-state index is 12.9. The van der Waals surface area contributed by atoms with Crippen LogP contribution in [0.25, 0.3) is 0 Å². The number of morpholine rings is 1. The van der Waals surface area contributed by atoms with Gasteiger partial charge in [-0.25, -0.2) is 13.2 Å². The lowest BCUT2D eigenvalue weighted by Crippen LogP contribution is -2.54. The molecule has 1 aromatic rings. The lowest BCUT2D eigenvalue weighted by Gasteiger charge is -2.42. The number of sulfonamides is 1. The van der Waals surface area contributed by atoms with Crippen LogP contribution in [0.5, 0.6) is 0 Å². The van der Waals surface area contributed by atoms with Crippen LogP contribution in [0.2, 0.25) is 0 Å². The summed E-state index contributed by atoms with van der Waals surface area (Å²) < 4.78 is 33.0. The molecule has 1 saturated carbocycles. The molecular weight excluding hydrogens is 306 g/mol. The Labute approximate surface area is 129 Å². The molecule has 22 heavy (non-hydrogen) atoms. The normalized spacial score (nSPS) is 26.4. The summed E-state index contributed by atoms with van der Waals surface area (Å²) in [5.41, 5.74) is -0.0190. The quantitative estimate of drug-likeness (QED) is 0.915. The van der Waals surface area contributed by atoms with Crippen molar-refractivity contribution in [1.82, 2.24) is 4.31 Å². The van der Waals surface area contributed by atoms with Crippen LogP contribution in [-0.2, 0) is 14.8 Å². The number of rotatable bonds is 3. The van der Waals surface area contributed by atoms with Gasteiger partial charge in [0, 0.05) is 6.54 Å². The Morgan fingerprint density at radius 1 is 1.27 bits per heavy atom. The van der Waals surface area contributed by atoms with E-state index in [1.54, 1.807) is 0 Å². The fourth-order valence-electron chi connectivity index (χ4n) is 3.28. The smallest absolute Gasteiger partial charge is 0.335 e. The fraction of sp³-hybridized carbons (Fsp3) is 0.533. The summed E-state index contributed by atoms with van der Waals surface area (Å²) in [5, 5.41) is 9.04. The van der Waals surface area contributed by atoms with Gasteiger partial charge in [0.2, 0.25) is 10.0 Å². The molecule has 2 aliphatic rings. The molecule has 1 aliphatic carbocycles. The number of ether oxygens (including phenoxy) is 1. The first-order valence-corrected chi connectivity index (χ1v) is 8.91. The van der Waals surface area contributed by atoms with Gasteiger partial charge in [-0.05, 0) is 31.0 Å². The van der Waals surface area contributed by atoms with Crippen molar-refractivity contribution in [2.45, 2.75) is 42.7 Å². The number of carbonyl (C=O) groups is 1. The maximum atomic E-state index is 12.9. The molecule has 6 nitrogen and oxygen atoms in total. The van der Waals surface area contributed by atoms with E-state index in [1.165, 1.54) is 28.6 Å². The van der Waals surface area contributed by atoms with Gasteiger partial charge >= 0.3 is 5.97 Å². The largest absolute Gasteiger partial charge is 0.478 e. The van der Waals surface area contributed by atoms with Crippen molar-refractivity contribution >= 4 is 16.0 Å². The molecule has 1 aliphatic heterocycles. The number of hydrogen-bond acceptors (Lipinski definition) is 4. The molecule has 0 amide bonds. The van der Waals surface area contributed by atoms with Gasteiger partial charge in [-0.3, -0.25) is 0 Å². The van der Waals surface area contributed by atoms with Gasteiger partial charge < -0.3 is 9.84 Å². The zero-order chi connectivity index (χ0) is 15.7. The molecule has 0 aromatic heterocycles. The molecule has 2 atom stereocenters. The molecule has 0 bridgehead atoms. The molecule has 0 radical (unpaired) electrons. The van der Waals surface area contributed by atoms with E-state index < -0.39 is 16.0 Å². The summed E-state index contributed by atoms with van der Waals surface area (Å²) in [5.74, 6) is -1.13. The summed E-state index contributed by atoms with van der Waals surface area (Å²) in [7, 11) is -3.70. The second-order valence-corrected chi connectivity index (χ2v) is 7.60. The first-order chi connectivity index (χ1) is 10.5. The van der Waals surface area contributed by atoms with Crippen molar-refractivity contribution in [2.24, 2.45) is 0 Å². The van der Waals surface area contributed by atoms with Crippen LogP contribution in [-0.4, -0.2) is 49.1 Å². The van der Waals surface area contributed by atoms with Gasteiger partial charge in [-0.1, -0.05) is 18.9 Å². The molecule has 1 heterocycles. The minimum Gasteiger partial charge on any atom is -0.478 e. The second kappa shape index (κ2) is 5.98. The molecule has 120 valence electrons. The predicted molar refractivity (Wildman–Crippen MR) is 79.3 cm³/mol. The number of aromatic carboxylic acids is 1. The molecule has 2 unspecified atom stereocenters. The zero-order valence-electron chi connectivity index (χ0n) is 12.1. The summed E-state index contributed by atoms with van der Waals surface area (Å²) in [4.78, 5) is 11.1. The van der Waals surface area contributed by atoms with Crippen molar-refractivity contribution in [3.63, 3.8) is 0 Å². The molecule has 7 heteroatoms. The van der Waals surface area contributed by atoms with Crippen LogP contribution in [0.4, 0.5) is 0 Å². The number of benzene rings is 1. The zero-order valence-corrected chi connectivity index (χ0v) is 13.0. The number of fused-ring (bicyclic) bond motifs is 1. The monoisotopic (exact) mass is 325 g/mol. The van der Waals surface area contributed by atoms with Crippen LogP contribution in [0.15, 0.2) is 29.2 Å². The standard InChI is InChI=1S/C15H19NO5S/c17-15(18)11-4-3-5-12(10-11)22(19,20)16-8-9-21-14-7-2-1-6-13(14)16/h3-5,10,13-14H,1-2,6-9H2,(H,17,18). The first kappa shape index (κ1) is 15.5. The van der Waals surface area contributed by atoms with Crippen LogP contribution in [0.1, 0.15) is 36.0 Å². The predicted octanol–water partition coefficient (Wildman–Crippen LogP) is 1.72. The summed E-state index contributed by atoms with van der Waals surface area (Å²) >= 11 is 0. The summed E-state index contributed by atoms with van der Waals surface area (Å²) in [6.45, 7) is 0.708. The van der Waals surface area contributed by atoms with Crippen LogP contribution in [0.3, 0.4) is 0 Å². The van der Waals surface area contributed by atoms with Crippen LogP contribution < -0.4 is 0 Å². The van der Waals surface area contributed by atoms with Gasteiger partial charge in [0.25, 0.3) is 0 Å². The molecule has 1 N–H and O–H groups in total. The molecule has 1 aromatic carbocycles. The van der Waals surface area contributed by atoms with Gasteiger partial charge in [-0.15, -0.1) is 0 Å². The lowest BCUT2D eigenvalue weighted by molar-refractivity contribution is -0.0586. The average Bonchev–Trinajstić information content (AvgIpc) is 2.54. The lowest BCUT2D eigenvalue weighted by atomic mass is 9.91.